The summed E-state index contributed by atoms with van der Waals surface area (Å²) in [6, 6.07) is 0. The van der Waals surface area contributed by atoms with E-state index in [1.54, 1.807) is 7.05 Å². The Balaban J connectivity index is 3.22. The second-order valence-corrected chi connectivity index (χ2v) is 1.88. The van der Waals surface area contributed by atoms with Gasteiger partial charge in [-0.2, -0.15) is 0 Å². The number of aliphatic imine (C=N–C) groups is 1. The first-order chi connectivity index (χ1) is 2.81. The monoisotopic (exact) mass is 201 g/mol. The summed E-state index contributed by atoms with van der Waals surface area (Å²) in [6.07, 6.45) is 0. The first kappa shape index (κ1) is 6.26. The summed E-state index contributed by atoms with van der Waals surface area (Å²) in [4.78, 5) is 3.82. The molecular formula is C3H7N2Te. The zero-order valence-electron chi connectivity index (χ0n) is 3.86. The molecule has 6 heavy (non-hydrogen) atoms. The Morgan fingerprint density at radius 1 is 1.83 bits per heavy atom. The van der Waals surface area contributed by atoms with Crippen molar-refractivity contribution in [3.8, 4) is 0 Å². The van der Waals surface area contributed by atoms with Gasteiger partial charge in [-0.25, -0.2) is 0 Å². The third kappa shape index (κ3) is 2.49. The molecule has 2 nitrogen and oxygen atoms in total. The molecule has 0 aromatic rings. The van der Waals surface area contributed by atoms with Gasteiger partial charge in [0.2, 0.25) is 0 Å². The molecule has 0 unspecified atom stereocenters. The van der Waals surface area contributed by atoms with E-state index in [-0.39, 0.29) is 0 Å². The van der Waals surface area contributed by atoms with E-state index < -0.39 is 0 Å². The maximum atomic E-state index is 3.82. The second-order valence-electron chi connectivity index (χ2n) is 0.779. The molecule has 0 aliphatic heterocycles. The van der Waals surface area contributed by atoms with Crippen LogP contribution < -0.4 is 5.32 Å². The van der Waals surface area contributed by atoms with Gasteiger partial charge in [-0.15, -0.1) is 0 Å². The first-order valence-electron chi connectivity index (χ1n) is 1.62. The molecule has 0 atom stereocenters. The van der Waals surface area contributed by atoms with Gasteiger partial charge in [0.15, 0.2) is 0 Å². The summed E-state index contributed by atoms with van der Waals surface area (Å²) in [7, 11) is 3.61. The number of nitrogens with one attached hydrogen (secondary N) is 1. The van der Waals surface area contributed by atoms with Crippen molar-refractivity contribution < 1.29 is 0 Å². The summed E-state index contributed by atoms with van der Waals surface area (Å²) in [5.74, 6) is 0. The average molecular weight is 199 g/mol. The van der Waals surface area contributed by atoms with Gasteiger partial charge in [0.1, 0.15) is 0 Å². The molecule has 0 aromatic carbocycles. The van der Waals surface area contributed by atoms with Crippen molar-refractivity contribution in [2.75, 3.05) is 14.1 Å². The van der Waals surface area contributed by atoms with Crippen LogP contribution in [0.4, 0.5) is 0 Å². The van der Waals surface area contributed by atoms with Crippen molar-refractivity contribution in [3.05, 3.63) is 0 Å². The predicted molar refractivity (Wildman–Crippen MR) is 28.2 cm³/mol. The van der Waals surface area contributed by atoms with E-state index >= 15 is 0 Å². The van der Waals surface area contributed by atoms with Crippen LogP contribution in [0.3, 0.4) is 0 Å². The molecule has 0 aromatic heterocycles. The summed E-state index contributed by atoms with van der Waals surface area (Å²) in [5.41, 5.74) is 0. The fourth-order valence-corrected chi connectivity index (χ4v) is 0.112. The molecule has 0 saturated heterocycles. The van der Waals surface area contributed by atoms with Crippen LogP contribution in [0.25, 0.3) is 0 Å². The van der Waals surface area contributed by atoms with E-state index in [0.29, 0.717) is 0 Å². The predicted octanol–water partition coefficient (Wildman–Crippen LogP) is -0.640. The molecule has 0 rings (SSSR count). The number of hydrogen-bond donors (Lipinski definition) is 1. The van der Waals surface area contributed by atoms with E-state index in [1.165, 1.54) is 0 Å². The summed E-state index contributed by atoms with van der Waals surface area (Å²) >= 11 is 1.85. The molecule has 0 spiro atoms. The Bertz CT molecular complexity index is 59.8. The average Bonchev–Trinajstić information content (AvgIpc) is 1.65. The fourth-order valence-electron chi connectivity index (χ4n) is 0.112. The third-order valence-electron chi connectivity index (χ3n) is 0.417. The molecule has 1 radical (unpaired) electrons. The van der Waals surface area contributed by atoms with Gasteiger partial charge in [-0.3, -0.25) is 0 Å². The van der Waals surface area contributed by atoms with Crippen LogP contribution >= 0.6 is 0 Å². The molecule has 3 heteroatoms. The van der Waals surface area contributed by atoms with Crippen LogP contribution in [0, 0.1) is 0 Å². The Hall–Kier alpha value is 0.260. The quantitative estimate of drug-likeness (QED) is 0.313. The Morgan fingerprint density at radius 3 is 2.33 bits per heavy atom. The van der Waals surface area contributed by atoms with E-state index in [2.05, 4.69) is 10.3 Å². The van der Waals surface area contributed by atoms with Crippen LogP contribution in [0.1, 0.15) is 0 Å². The van der Waals surface area contributed by atoms with Gasteiger partial charge in [0.05, 0.1) is 0 Å². The van der Waals surface area contributed by atoms with E-state index in [4.69, 9.17) is 0 Å². The molecular weight excluding hydrogens is 192 g/mol. The van der Waals surface area contributed by atoms with Crippen molar-refractivity contribution >= 4 is 26.2 Å². The first-order valence-corrected chi connectivity index (χ1v) is 2.79. The van der Waals surface area contributed by atoms with Crippen molar-refractivity contribution in [1.29, 1.82) is 0 Å². The van der Waals surface area contributed by atoms with Crippen LogP contribution in [0.2, 0.25) is 0 Å². The molecule has 0 aliphatic carbocycles. The van der Waals surface area contributed by atoms with Crippen molar-refractivity contribution in [3.63, 3.8) is 0 Å². The molecule has 0 heterocycles. The van der Waals surface area contributed by atoms with E-state index in [0.717, 1.165) is 3.88 Å². The topological polar surface area (TPSA) is 24.4 Å². The summed E-state index contributed by atoms with van der Waals surface area (Å²) < 4.78 is 0.978. The van der Waals surface area contributed by atoms with Gasteiger partial charge >= 0.3 is 50.6 Å². The van der Waals surface area contributed by atoms with Gasteiger partial charge < -0.3 is 0 Å². The van der Waals surface area contributed by atoms with Gasteiger partial charge in [-0.1, -0.05) is 0 Å². The molecule has 0 saturated carbocycles. The molecule has 0 bridgehead atoms. The van der Waals surface area contributed by atoms with E-state index in [9.17, 15) is 0 Å². The number of amidine groups is 1. The molecule has 0 aliphatic rings. The van der Waals surface area contributed by atoms with Crippen LogP contribution in [-0.2, 0) is 0 Å². The Morgan fingerprint density at radius 2 is 2.33 bits per heavy atom. The third-order valence-corrected chi connectivity index (χ3v) is 1.52. The van der Waals surface area contributed by atoms with Gasteiger partial charge in [0.25, 0.3) is 0 Å². The Labute approximate surface area is 50.9 Å². The van der Waals surface area contributed by atoms with E-state index in [1.807, 2.05) is 29.3 Å². The van der Waals surface area contributed by atoms with Crippen molar-refractivity contribution in [1.82, 2.24) is 5.32 Å². The van der Waals surface area contributed by atoms with Gasteiger partial charge in [-0.05, 0) is 0 Å². The normalized spacial score (nSPS) is 11.3. The fraction of sp³-hybridized carbons (Fsp3) is 0.667. The van der Waals surface area contributed by atoms with Crippen molar-refractivity contribution in [2.45, 2.75) is 0 Å². The van der Waals surface area contributed by atoms with Crippen LogP contribution in [0.15, 0.2) is 4.99 Å². The van der Waals surface area contributed by atoms with Crippen LogP contribution in [-0.4, -0.2) is 40.3 Å². The van der Waals surface area contributed by atoms with Crippen LogP contribution in [0.5, 0.6) is 0 Å². The molecule has 0 fully saturated rings. The number of hydrogen-bond acceptors (Lipinski definition) is 1. The molecule has 0 amide bonds. The zero-order chi connectivity index (χ0) is 4.99. The summed E-state index contributed by atoms with van der Waals surface area (Å²) in [6.45, 7) is 0. The second kappa shape index (κ2) is 3.45. The minimum atomic E-state index is 0.978. The molecule has 35 valence electrons. The van der Waals surface area contributed by atoms with Crippen molar-refractivity contribution in [2.24, 2.45) is 4.99 Å². The van der Waals surface area contributed by atoms with Gasteiger partial charge in [0, 0.05) is 0 Å². The Kier molecular flexibility index (Phi) is 3.60. The number of nitrogens with zero attached hydrogens (tertiary/aromatic N) is 1. The zero-order valence-corrected chi connectivity index (χ0v) is 6.19. The standard InChI is InChI=1S/C3H7N2Te/c1-4-3(6)5-2/h1-2H3,(H,4,5). The molecule has 1 N–H and O–H groups in total. The summed E-state index contributed by atoms with van der Waals surface area (Å²) in [5, 5.41) is 2.87. The SMILES string of the molecule is CN=C([Te])NC. The minimum absolute atomic E-state index is 0.978. The maximum absolute atomic E-state index is 3.82. The number of rotatable bonds is 0.